The van der Waals surface area contributed by atoms with Gasteiger partial charge < -0.3 is 10.5 Å². The third kappa shape index (κ3) is 4.60. The lowest BCUT2D eigenvalue weighted by molar-refractivity contribution is -0.137. The van der Waals surface area contributed by atoms with Crippen molar-refractivity contribution >= 4 is 21.4 Å². The largest absolute Gasteiger partial charge is 0.487 e. The monoisotopic (exact) mass is 388 g/mol. The van der Waals surface area contributed by atoms with E-state index in [1.807, 2.05) is 0 Å². The minimum absolute atomic E-state index is 0.162. The Morgan fingerprint density at radius 2 is 1.81 bits per heavy atom. The van der Waals surface area contributed by atoms with Gasteiger partial charge >= 0.3 is 6.18 Å². The lowest BCUT2D eigenvalue weighted by Crippen LogP contribution is -2.25. The van der Waals surface area contributed by atoms with Crippen molar-refractivity contribution in [1.82, 2.24) is 0 Å². The van der Waals surface area contributed by atoms with E-state index < -0.39 is 21.8 Å². The number of hydrogen-bond donors (Lipinski definition) is 1. The number of nitrogens with two attached hydrogens (primary N) is 1. The molecule has 0 amide bonds. The number of anilines is 2. The lowest BCUT2D eigenvalue weighted by atomic mass is 10.1. The Morgan fingerprint density at radius 1 is 1.15 bits per heavy atom. The molecular weight excluding hydrogens is 369 g/mol. The van der Waals surface area contributed by atoms with Crippen LogP contribution in [0.2, 0.25) is 0 Å². The molecule has 2 aromatic rings. The number of halogens is 3. The van der Waals surface area contributed by atoms with Gasteiger partial charge in [-0.05, 0) is 42.3 Å². The predicted octanol–water partition coefficient (Wildman–Crippen LogP) is 3.57. The summed E-state index contributed by atoms with van der Waals surface area (Å²) >= 11 is 0. The molecule has 0 unspecified atom stereocenters. The molecule has 0 aliphatic rings. The molecule has 0 saturated carbocycles. The highest BCUT2D eigenvalue weighted by Crippen LogP contribution is 2.33. The van der Waals surface area contributed by atoms with Crippen LogP contribution < -0.4 is 14.8 Å². The maximum Gasteiger partial charge on any atom is 0.416 e. The number of benzene rings is 2. The van der Waals surface area contributed by atoms with Crippen molar-refractivity contribution in [3.63, 3.8) is 0 Å². The Balaban J connectivity index is 2.34. The Hall–Kier alpha value is -2.42. The average Bonchev–Trinajstić information content (AvgIpc) is 2.51. The van der Waals surface area contributed by atoms with Crippen LogP contribution in [0.25, 0.3) is 0 Å². The van der Waals surface area contributed by atoms with Gasteiger partial charge in [-0.15, -0.1) is 0 Å². The Labute approximate surface area is 150 Å². The minimum Gasteiger partial charge on any atom is -0.487 e. The molecule has 0 radical (unpaired) electrons. The number of aryl methyl sites for hydroxylation is 1. The third-order valence-electron chi connectivity index (χ3n) is 3.88. The van der Waals surface area contributed by atoms with E-state index >= 15 is 0 Å². The smallest absolute Gasteiger partial charge is 0.416 e. The van der Waals surface area contributed by atoms with Crippen LogP contribution in [-0.2, 0) is 22.8 Å². The van der Waals surface area contributed by atoms with Crippen LogP contribution in [-0.4, -0.2) is 21.7 Å². The van der Waals surface area contributed by atoms with Crippen molar-refractivity contribution < 1.29 is 26.3 Å². The topological polar surface area (TPSA) is 72.6 Å². The van der Waals surface area contributed by atoms with E-state index in [-0.39, 0.29) is 18.0 Å². The first-order valence-corrected chi connectivity index (χ1v) is 9.37. The number of rotatable bonds is 5. The van der Waals surface area contributed by atoms with Crippen LogP contribution in [0, 0.1) is 6.92 Å². The average molecular weight is 388 g/mol. The molecule has 26 heavy (non-hydrogen) atoms. The van der Waals surface area contributed by atoms with E-state index in [0.29, 0.717) is 16.8 Å². The molecule has 2 rings (SSSR count). The first-order chi connectivity index (χ1) is 11.9. The van der Waals surface area contributed by atoms with Gasteiger partial charge in [0.2, 0.25) is 10.0 Å². The van der Waals surface area contributed by atoms with Gasteiger partial charge in [0.05, 0.1) is 17.5 Å². The standard InChI is InChI=1S/C17H19F3N2O3S/c1-11-4-5-13(17(18,19)20)8-12(11)10-25-16-9-14(21)6-7-15(16)22(2)26(3,23)24/h4-9H,10,21H2,1-3H3. The van der Waals surface area contributed by atoms with Crippen LogP contribution >= 0.6 is 0 Å². The molecule has 0 bridgehead atoms. The third-order valence-corrected chi connectivity index (χ3v) is 5.07. The second-order valence-electron chi connectivity index (χ2n) is 5.89. The van der Waals surface area contributed by atoms with Crippen molar-refractivity contribution in [3.8, 4) is 5.75 Å². The van der Waals surface area contributed by atoms with Gasteiger partial charge in [0.25, 0.3) is 0 Å². The number of hydrogen-bond acceptors (Lipinski definition) is 4. The molecular formula is C17H19F3N2O3S. The maximum absolute atomic E-state index is 12.9. The van der Waals surface area contributed by atoms with Gasteiger partial charge in [0.15, 0.2) is 0 Å². The summed E-state index contributed by atoms with van der Waals surface area (Å²) in [5.74, 6) is 0.162. The molecule has 0 aliphatic heterocycles. The second kappa shape index (κ2) is 7.06. The van der Waals surface area contributed by atoms with Crippen molar-refractivity contribution in [2.24, 2.45) is 0 Å². The van der Waals surface area contributed by atoms with E-state index in [4.69, 9.17) is 10.5 Å². The number of nitrogens with zero attached hydrogens (tertiary/aromatic N) is 1. The maximum atomic E-state index is 12.9. The molecule has 9 heteroatoms. The number of nitrogen functional groups attached to an aromatic ring is 1. The van der Waals surface area contributed by atoms with Crippen molar-refractivity contribution in [2.45, 2.75) is 19.7 Å². The summed E-state index contributed by atoms with van der Waals surface area (Å²) in [5, 5.41) is 0. The summed E-state index contributed by atoms with van der Waals surface area (Å²) in [7, 11) is -2.19. The van der Waals surface area contributed by atoms with Crippen LogP contribution in [0.1, 0.15) is 16.7 Å². The van der Waals surface area contributed by atoms with Crippen molar-refractivity contribution in [2.75, 3.05) is 23.3 Å². The van der Waals surface area contributed by atoms with Gasteiger partial charge in [-0.1, -0.05) is 6.07 Å². The SMILES string of the molecule is Cc1ccc(C(F)(F)F)cc1COc1cc(N)ccc1N(C)S(C)(=O)=O. The molecule has 2 N–H and O–H groups in total. The highest BCUT2D eigenvalue weighted by atomic mass is 32.2. The van der Waals surface area contributed by atoms with Crippen LogP contribution in [0.5, 0.6) is 5.75 Å². The van der Waals surface area contributed by atoms with Gasteiger partial charge in [-0.25, -0.2) is 8.42 Å². The zero-order chi connectivity index (χ0) is 19.7. The number of sulfonamides is 1. The molecule has 0 spiro atoms. The summed E-state index contributed by atoms with van der Waals surface area (Å²) in [6.07, 6.45) is -3.43. The number of ether oxygens (including phenoxy) is 1. The summed E-state index contributed by atoms with van der Waals surface area (Å²) in [6, 6.07) is 7.80. The molecule has 142 valence electrons. The normalized spacial score (nSPS) is 12.1. The van der Waals surface area contributed by atoms with E-state index in [2.05, 4.69) is 0 Å². The van der Waals surface area contributed by atoms with Crippen LogP contribution in [0.4, 0.5) is 24.5 Å². The highest BCUT2D eigenvalue weighted by Gasteiger charge is 2.30. The van der Waals surface area contributed by atoms with E-state index in [0.717, 1.165) is 22.7 Å². The van der Waals surface area contributed by atoms with Crippen molar-refractivity contribution in [3.05, 3.63) is 53.1 Å². The van der Waals surface area contributed by atoms with Gasteiger partial charge in [0, 0.05) is 18.8 Å². The molecule has 0 aromatic heterocycles. The molecule has 0 fully saturated rings. The molecule has 0 heterocycles. The lowest BCUT2D eigenvalue weighted by Gasteiger charge is -2.21. The van der Waals surface area contributed by atoms with Gasteiger partial charge in [0.1, 0.15) is 12.4 Å². The fourth-order valence-electron chi connectivity index (χ4n) is 2.24. The molecule has 2 aromatic carbocycles. The van der Waals surface area contributed by atoms with Crippen LogP contribution in [0.3, 0.4) is 0 Å². The van der Waals surface area contributed by atoms with E-state index in [1.165, 1.54) is 31.3 Å². The molecule has 0 aliphatic carbocycles. The highest BCUT2D eigenvalue weighted by molar-refractivity contribution is 7.92. The van der Waals surface area contributed by atoms with Gasteiger partial charge in [-0.3, -0.25) is 4.31 Å². The van der Waals surface area contributed by atoms with E-state index in [1.54, 1.807) is 6.92 Å². The van der Waals surface area contributed by atoms with Crippen LogP contribution in [0.15, 0.2) is 36.4 Å². The second-order valence-corrected chi connectivity index (χ2v) is 7.90. The Kier molecular flexibility index (Phi) is 5.41. The van der Waals surface area contributed by atoms with E-state index in [9.17, 15) is 21.6 Å². The first-order valence-electron chi connectivity index (χ1n) is 7.52. The van der Waals surface area contributed by atoms with Crippen molar-refractivity contribution in [1.29, 1.82) is 0 Å². The number of alkyl halides is 3. The quantitative estimate of drug-likeness (QED) is 0.795. The minimum atomic E-state index is -4.46. The molecule has 5 nitrogen and oxygen atoms in total. The summed E-state index contributed by atoms with van der Waals surface area (Å²) in [6.45, 7) is 1.51. The Morgan fingerprint density at radius 3 is 2.38 bits per heavy atom. The fraction of sp³-hybridized carbons (Fsp3) is 0.294. The fourth-order valence-corrected chi connectivity index (χ4v) is 2.75. The summed E-state index contributed by atoms with van der Waals surface area (Å²) in [4.78, 5) is 0. The first kappa shape index (κ1) is 19.9. The summed E-state index contributed by atoms with van der Waals surface area (Å²) in [5.41, 5.74) is 6.49. The zero-order valence-electron chi connectivity index (χ0n) is 14.5. The Bertz CT molecular complexity index is 912. The molecule has 0 saturated heterocycles. The zero-order valence-corrected chi connectivity index (χ0v) is 15.3. The molecule has 0 atom stereocenters. The predicted molar refractivity (Wildman–Crippen MR) is 94.6 cm³/mol. The van der Waals surface area contributed by atoms with Gasteiger partial charge in [-0.2, -0.15) is 13.2 Å². The summed E-state index contributed by atoms with van der Waals surface area (Å²) < 4.78 is 68.8.